The molecule has 3 saturated carbocycles. The molecular formula is C34H62O2Si2. The Hall–Kier alpha value is -0.426. The Bertz CT molecular complexity index is 914. The highest BCUT2D eigenvalue weighted by Gasteiger charge is 2.51. The van der Waals surface area contributed by atoms with Gasteiger partial charge in [-0.2, -0.15) is 0 Å². The average Bonchev–Trinajstić information content (AvgIpc) is 3.13. The summed E-state index contributed by atoms with van der Waals surface area (Å²) in [4.78, 5) is 0. The largest absolute Gasteiger partial charge is 0.417 e. The van der Waals surface area contributed by atoms with Crippen LogP contribution < -0.4 is 0 Å². The Morgan fingerprint density at radius 1 is 0.947 bits per heavy atom. The van der Waals surface area contributed by atoms with Crippen molar-refractivity contribution in [2.75, 3.05) is 6.61 Å². The van der Waals surface area contributed by atoms with Gasteiger partial charge in [-0.05, 0) is 116 Å². The van der Waals surface area contributed by atoms with Gasteiger partial charge in [0.05, 0.1) is 0 Å². The highest BCUT2D eigenvalue weighted by Crippen LogP contribution is 2.59. The molecule has 0 radical (unpaired) electrons. The van der Waals surface area contributed by atoms with Gasteiger partial charge >= 0.3 is 0 Å². The third-order valence-corrected chi connectivity index (χ3v) is 20.7. The van der Waals surface area contributed by atoms with Crippen LogP contribution in [0.25, 0.3) is 0 Å². The number of allylic oxidation sites excluding steroid dienone is 4. The molecule has 5 atom stereocenters. The Morgan fingerprint density at radius 3 is 2.18 bits per heavy atom. The normalized spacial score (nSPS) is 32.6. The molecule has 3 aliphatic rings. The summed E-state index contributed by atoms with van der Waals surface area (Å²) < 4.78 is 13.6. The molecule has 0 aromatic rings. The van der Waals surface area contributed by atoms with Crippen molar-refractivity contribution in [3.63, 3.8) is 0 Å². The summed E-state index contributed by atoms with van der Waals surface area (Å²) in [5.74, 6) is 2.12. The molecule has 0 saturated heterocycles. The second-order valence-electron chi connectivity index (χ2n) is 16.4. The molecule has 3 rings (SSSR count). The van der Waals surface area contributed by atoms with Gasteiger partial charge < -0.3 is 8.85 Å². The SMILES string of the molecule is C=C1CC[C@H](O[Si](C)(C)C(C)(C)C)C/C1=C\C=C1/CCC[C@]2(C)[C@@H]([C@H](C)CO[Si](C)(C)C(C)(C)C)CC[C@@H]12. The fourth-order valence-corrected chi connectivity index (χ4v) is 9.46. The molecule has 3 fully saturated rings. The van der Waals surface area contributed by atoms with Gasteiger partial charge in [0.15, 0.2) is 16.6 Å². The van der Waals surface area contributed by atoms with Gasteiger partial charge in [0.2, 0.25) is 0 Å². The zero-order chi connectivity index (χ0) is 28.7. The topological polar surface area (TPSA) is 18.5 Å². The zero-order valence-electron chi connectivity index (χ0n) is 27.4. The lowest BCUT2D eigenvalue weighted by atomic mass is 9.61. The van der Waals surface area contributed by atoms with Crippen LogP contribution >= 0.6 is 0 Å². The summed E-state index contributed by atoms with van der Waals surface area (Å²) >= 11 is 0. The standard InChI is InChI=1S/C34H62O2Si2/c1-25-16-19-29(36-38(12,13)33(6,7)8)23-28(25)18-17-27-15-14-22-34(9)30(20-21-31(27)34)26(2)24-35-37(10,11)32(3,4)5/h17-18,26,29-31H,1,14-16,19-24H2,2-13H3/b27-17+,28-18+/t26-,29+,30-,31+,34-/m1/s1. The van der Waals surface area contributed by atoms with E-state index in [2.05, 4.69) is 100 Å². The first-order chi connectivity index (χ1) is 17.3. The van der Waals surface area contributed by atoms with Crippen LogP contribution in [0.3, 0.4) is 0 Å². The van der Waals surface area contributed by atoms with Crippen molar-refractivity contribution in [2.24, 2.45) is 23.2 Å². The number of hydrogen-bond acceptors (Lipinski definition) is 2. The van der Waals surface area contributed by atoms with Gasteiger partial charge in [0.25, 0.3) is 0 Å². The van der Waals surface area contributed by atoms with E-state index >= 15 is 0 Å². The third-order valence-electron chi connectivity index (χ3n) is 11.7. The maximum Gasteiger partial charge on any atom is 0.192 e. The lowest BCUT2D eigenvalue weighted by molar-refractivity contribution is 0.0714. The quantitative estimate of drug-likeness (QED) is 0.289. The minimum Gasteiger partial charge on any atom is -0.417 e. The summed E-state index contributed by atoms with van der Waals surface area (Å²) in [5.41, 5.74) is 4.88. The molecule has 4 heteroatoms. The molecule has 38 heavy (non-hydrogen) atoms. The van der Waals surface area contributed by atoms with Crippen molar-refractivity contribution in [1.29, 1.82) is 0 Å². The smallest absolute Gasteiger partial charge is 0.192 e. The van der Waals surface area contributed by atoms with E-state index in [1.807, 2.05) is 0 Å². The van der Waals surface area contributed by atoms with E-state index < -0.39 is 16.6 Å². The molecule has 0 aliphatic heterocycles. The summed E-state index contributed by atoms with van der Waals surface area (Å²) in [6.07, 6.45) is 15.2. The molecular weight excluding hydrogens is 497 g/mol. The van der Waals surface area contributed by atoms with Crippen LogP contribution in [0, 0.1) is 23.2 Å². The average molecular weight is 559 g/mol. The first-order valence-corrected chi connectivity index (χ1v) is 21.5. The molecule has 3 aliphatic carbocycles. The molecule has 0 bridgehead atoms. The second kappa shape index (κ2) is 11.5. The van der Waals surface area contributed by atoms with E-state index in [4.69, 9.17) is 8.85 Å². The van der Waals surface area contributed by atoms with Crippen LogP contribution in [0.1, 0.15) is 107 Å². The summed E-state index contributed by atoms with van der Waals surface area (Å²) in [6.45, 7) is 34.1. The maximum absolute atomic E-state index is 6.83. The molecule has 218 valence electrons. The first-order valence-electron chi connectivity index (χ1n) is 15.7. The van der Waals surface area contributed by atoms with E-state index in [9.17, 15) is 0 Å². The van der Waals surface area contributed by atoms with Crippen LogP contribution in [0.2, 0.25) is 36.3 Å². The first kappa shape index (κ1) is 32.1. The third kappa shape index (κ3) is 6.89. The molecule has 0 unspecified atom stereocenters. The van der Waals surface area contributed by atoms with Gasteiger partial charge in [0, 0.05) is 12.7 Å². The highest BCUT2D eigenvalue weighted by atomic mass is 28.4. The molecule has 0 aromatic heterocycles. The summed E-state index contributed by atoms with van der Waals surface area (Å²) in [5, 5.41) is 0.534. The van der Waals surface area contributed by atoms with Gasteiger partial charge in [-0.15, -0.1) is 0 Å². The lowest BCUT2D eigenvalue weighted by Crippen LogP contribution is -2.44. The van der Waals surface area contributed by atoms with Crippen molar-refractivity contribution >= 4 is 16.6 Å². The van der Waals surface area contributed by atoms with Crippen molar-refractivity contribution in [1.82, 2.24) is 0 Å². The number of rotatable bonds is 7. The molecule has 0 amide bonds. The van der Waals surface area contributed by atoms with Crippen LogP contribution in [0.15, 0.2) is 35.5 Å². The van der Waals surface area contributed by atoms with E-state index in [1.165, 1.54) is 43.3 Å². The summed E-state index contributed by atoms with van der Waals surface area (Å²) in [6, 6.07) is 0. The second-order valence-corrected chi connectivity index (χ2v) is 26.0. The molecule has 0 heterocycles. The van der Waals surface area contributed by atoms with Gasteiger partial charge in [-0.25, -0.2) is 0 Å². The van der Waals surface area contributed by atoms with Crippen molar-refractivity contribution in [2.45, 2.75) is 149 Å². The fourth-order valence-electron chi connectivity index (χ4n) is 6.96. The van der Waals surface area contributed by atoms with Gasteiger partial charge in [0.1, 0.15) is 0 Å². The van der Waals surface area contributed by atoms with Crippen LogP contribution in [0.4, 0.5) is 0 Å². The Labute approximate surface area is 239 Å². The van der Waals surface area contributed by atoms with E-state index in [0.717, 1.165) is 37.7 Å². The van der Waals surface area contributed by atoms with Crippen molar-refractivity contribution in [3.8, 4) is 0 Å². The van der Waals surface area contributed by atoms with Crippen molar-refractivity contribution < 1.29 is 8.85 Å². The Kier molecular flexibility index (Phi) is 9.67. The van der Waals surface area contributed by atoms with Crippen molar-refractivity contribution in [3.05, 3.63) is 35.5 Å². The Morgan fingerprint density at radius 2 is 1.58 bits per heavy atom. The minimum absolute atomic E-state index is 0.256. The molecule has 0 spiro atoms. The van der Waals surface area contributed by atoms with E-state index in [1.54, 1.807) is 5.57 Å². The predicted molar refractivity (Wildman–Crippen MR) is 172 cm³/mol. The zero-order valence-corrected chi connectivity index (χ0v) is 29.4. The van der Waals surface area contributed by atoms with E-state index in [-0.39, 0.29) is 10.1 Å². The minimum atomic E-state index is -1.75. The molecule has 0 N–H and O–H groups in total. The monoisotopic (exact) mass is 558 g/mol. The molecule has 2 nitrogen and oxygen atoms in total. The predicted octanol–water partition coefficient (Wildman–Crippen LogP) is 10.8. The van der Waals surface area contributed by atoms with Gasteiger partial charge in [-0.3, -0.25) is 0 Å². The van der Waals surface area contributed by atoms with Crippen LogP contribution in [0.5, 0.6) is 0 Å². The number of fused-ring (bicyclic) bond motifs is 1. The molecule has 0 aromatic carbocycles. The fraction of sp³-hybridized carbons (Fsp3) is 0.824. The summed E-state index contributed by atoms with van der Waals surface area (Å²) in [7, 11) is -3.46. The maximum atomic E-state index is 6.83. The number of hydrogen-bond donors (Lipinski definition) is 0. The van der Waals surface area contributed by atoms with Gasteiger partial charge in [-0.1, -0.05) is 85.3 Å². The van der Waals surface area contributed by atoms with E-state index in [0.29, 0.717) is 17.4 Å². The Balaban J connectivity index is 1.71. The van der Waals surface area contributed by atoms with Crippen LogP contribution in [-0.4, -0.2) is 29.3 Å². The highest BCUT2D eigenvalue weighted by molar-refractivity contribution is 6.74. The lowest BCUT2D eigenvalue weighted by Gasteiger charge is -2.45. The van der Waals surface area contributed by atoms with Crippen LogP contribution in [-0.2, 0) is 8.85 Å².